The summed E-state index contributed by atoms with van der Waals surface area (Å²) in [4.78, 5) is 12.3. The van der Waals surface area contributed by atoms with E-state index < -0.39 is 0 Å². The number of ether oxygens (including phenoxy) is 2. The summed E-state index contributed by atoms with van der Waals surface area (Å²) in [6.45, 7) is 16.2. The Balaban J connectivity index is 1.15. The number of anilines is 1. The van der Waals surface area contributed by atoms with Crippen LogP contribution in [0.5, 0.6) is 5.75 Å². The van der Waals surface area contributed by atoms with Crippen molar-refractivity contribution in [1.82, 2.24) is 19.4 Å². The molecule has 0 radical (unpaired) electrons. The lowest BCUT2D eigenvalue weighted by molar-refractivity contribution is 0.0337. The van der Waals surface area contributed by atoms with Gasteiger partial charge < -0.3 is 14.4 Å². The topological polar surface area (TPSA) is 46.0 Å². The summed E-state index contributed by atoms with van der Waals surface area (Å²) < 4.78 is 13.8. The van der Waals surface area contributed by atoms with E-state index in [1.807, 2.05) is 0 Å². The molecule has 0 atom stereocenters. The number of fused-ring (bicyclic) bond motifs is 3. The van der Waals surface area contributed by atoms with Crippen LogP contribution in [0.2, 0.25) is 0 Å². The highest BCUT2D eigenvalue weighted by Crippen LogP contribution is 2.35. The SMILES string of the molecule is CC(C)(C)N1CCN(c2ccc(-c3ccc4c(c3)OCc3nc(CN5CCOCC5)cn3-4)cc2)CC1. The molecule has 0 saturated carbocycles. The Bertz CT molecular complexity index is 1200. The number of piperazine rings is 1. The lowest BCUT2D eigenvalue weighted by atomic mass is 10.0. The van der Waals surface area contributed by atoms with E-state index in [-0.39, 0.29) is 5.54 Å². The van der Waals surface area contributed by atoms with E-state index in [2.05, 4.69) is 88.7 Å². The molecule has 190 valence electrons. The van der Waals surface area contributed by atoms with Gasteiger partial charge in [-0.3, -0.25) is 14.4 Å². The molecule has 2 saturated heterocycles. The molecule has 0 bridgehead atoms. The Kier molecular flexibility index (Phi) is 6.23. The Labute approximate surface area is 214 Å². The summed E-state index contributed by atoms with van der Waals surface area (Å²) in [5.41, 5.74) is 6.09. The number of nitrogens with zero attached hydrogens (tertiary/aromatic N) is 5. The molecule has 7 nitrogen and oxygen atoms in total. The maximum Gasteiger partial charge on any atom is 0.151 e. The molecule has 2 fully saturated rings. The van der Waals surface area contributed by atoms with Crippen LogP contribution < -0.4 is 9.64 Å². The number of hydrogen-bond donors (Lipinski definition) is 0. The minimum absolute atomic E-state index is 0.242. The Morgan fingerprint density at radius 3 is 2.31 bits per heavy atom. The predicted molar refractivity (Wildman–Crippen MR) is 143 cm³/mol. The fraction of sp³-hybridized carbons (Fsp3) is 0.483. The molecule has 36 heavy (non-hydrogen) atoms. The zero-order valence-corrected chi connectivity index (χ0v) is 21.7. The van der Waals surface area contributed by atoms with Gasteiger partial charge in [-0.05, 0) is 56.2 Å². The first-order valence-corrected chi connectivity index (χ1v) is 13.2. The average molecular weight is 488 g/mol. The van der Waals surface area contributed by atoms with Crippen LogP contribution in [0.15, 0.2) is 48.7 Å². The van der Waals surface area contributed by atoms with Gasteiger partial charge in [0.1, 0.15) is 12.4 Å². The van der Waals surface area contributed by atoms with Crippen molar-refractivity contribution >= 4 is 5.69 Å². The second-order valence-corrected chi connectivity index (χ2v) is 11.1. The minimum Gasteiger partial charge on any atom is -0.483 e. The highest BCUT2D eigenvalue weighted by atomic mass is 16.5. The third kappa shape index (κ3) is 4.75. The van der Waals surface area contributed by atoms with Gasteiger partial charge in [-0.15, -0.1) is 0 Å². The van der Waals surface area contributed by atoms with E-state index in [0.29, 0.717) is 6.61 Å². The number of rotatable bonds is 4. The van der Waals surface area contributed by atoms with Crippen LogP contribution in [0, 0.1) is 0 Å². The van der Waals surface area contributed by atoms with E-state index in [0.717, 1.165) is 82.0 Å². The Morgan fingerprint density at radius 2 is 1.58 bits per heavy atom. The van der Waals surface area contributed by atoms with Crippen molar-refractivity contribution in [2.24, 2.45) is 0 Å². The lowest BCUT2D eigenvalue weighted by Crippen LogP contribution is -2.53. The normalized spacial score (nSPS) is 19.0. The van der Waals surface area contributed by atoms with Crippen LogP contribution >= 0.6 is 0 Å². The third-order valence-corrected chi connectivity index (χ3v) is 7.69. The monoisotopic (exact) mass is 487 g/mol. The summed E-state index contributed by atoms with van der Waals surface area (Å²) in [6, 6.07) is 15.5. The van der Waals surface area contributed by atoms with Crippen molar-refractivity contribution in [2.45, 2.75) is 39.5 Å². The average Bonchev–Trinajstić information content (AvgIpc) is 3.31. The Hall–Kier alpha value is -2.87. The smallest absolute Gasteiger partial charge is 0.151 e. The second kappa shape index (κ2) is 9.54. The predicted octanol–water partition coefficient (Wildman–Crippen LogP) is 4.18. The summed E-state index contributed by atoms with van der Waals surface area (Å²) in [6.07, 6.45) is 2.17. The number of hydrogen-bond acceptors (Lipinski definition) is 6. The van der Waals surface area contributed by atoms with E-state index in [4.69, 9.17) is 14.5 Å². The fourth-order valence-corrected chi connectivity index (χ4v) is 5.50. The maximum atomic E-state index is 6.14. The van der Waals surface area contributed by atoms with Crippen molar-refractivity contribution in [3.63, 3.8) is 0 Å². The molecule has 1 aromatic heterocycles. The first kappa shape index (κ1) is 23.5. The largest absolute Gasteiger partial charge is 0.483 e. The maximum absolute atomic E-state index is 6.14. The molecule has 3 aliphatic heterocycles. The van der Waals surface area contributed by atoms with Crippen molar-refractivity contribution in [3.8, 4) is 22.6 Å². The highest BCUT2D eigenvalue weighted by Gasteiger charge is 2.26. The van der Waals surface area contributed by atoms with Gasteiger partial charge in [-0.25, -0.2) is 4.98 Å². The van der Waals surface area contributed by atoms with E-state index in [1.165, 1.54) is 16.8 Å². The number of morpholine rings is 1. The number of aromatic nitrogens is 2. The lowest BCUT2D eigenvalue weighted by Gasteiger charge is -2.43. The van der Waals surface area contributed by atoms with Crippen LogP contribution in [-0.4, -0.2) is 77.4 Å². The molecule has 6 rings (SSSR count). The molecule has 0 aliphatic carbocycles. The summed E-state index contributed by atoms with van der Waals surface area (Å²) in [5.74, 6) is 1.88. The fourth-order valence-electron chi connectivity index (χ4n) is 5.50. The van der Waals surface area contributed by atoms with Crippen LogP contribution in [-0.2, 0) is 17.9 Å². The van der Waals surface area contributed by atoms with Crippen molar-refractivity contribution in [3.05, 3.63) is 60.2 Å². The van der Waals surface area contributed by atoms with Gasteiger partial charge in [-0.1, -0.05) is 18.2 Å². The van der Waals surface area contributed by atoms with Gasteiger partial charge >= 0.3 is 0 Å². The zero-order valence-electron chi connectivity index (χ0n) is 21.7. The third-order valence-electron chi connectivity index (χ3n) is 7.69. The molecule has 4 heterocycles. The summed E-state index contributed by atoms with van der Waals surface area (Å²) in [5, 5.41) is 0. The second-order valence-electron chi connectivity index (χ2n) is 11.1. The molecular weight excluding hydrogens is 450 g/mol. The molecule has 0 unspecified atom stereocenters. The van der Waals surface area contributed by atoms with Crippen molar-refractivity contribution in [1.29, 1.82) is 0 Å². The van der Waals surface area contributed by atoms with E-state index in [1.54, 1.807) is 0 Å². The summed E-state index contributed by atoms with van der Waals surface area (Å²) in [7, 11) is 0. The van der Waals surface area contributed by atoms with Gasteiger partial charge in [0.15, 0.2) is 5.82 Å². The van der Waals surface area contributed by atoms with Crippen LogP contribution in [0.4, 0.5) is 5.69 Å². The van der Waals surface area contributed by atoms with Crippen LogP contribution in [0.25, 0.3) is 16.8 Å². The van der Waals surface area contributed by atoms with Crippen LogP contribution in [0.1, 0.15) is 32.3 Å². The zero-order chi connectivity index (χ0) is 24.7. The number of benzene rings is 2. The van der Waals surface area contributed by atoms with Crippen molar-refractivity contribution < 1.29 is 9.47 Å². The van der Waals surface area contributed by atoms with Gasteiger partial charge in [0, 0.05) is 63.2 Å². The quantitative estimate of drug-likeness (QED) is 0.550. The Morgan fingerprint density at radius 1 is 0.861 bits per heavy atom. The van der Waals surface area contributed by atoms with E-state index in [9.17, 15) is 0 Å². The minimum atomic E-state index is 0.242. The van der Waals surface area contributed by atoms with Gasteiger partial charge in [0.05, 0.1) is 24.6 Å². The molecule has 2 aromatic carbocycles. The summed E-state index contributed by atoms with van der Waals surface area (Å²) >= 11 is 0. The van der Waals surface area contributed by atoms with Gasteiger partial charge in [0.2, 0.25) is 0 Å². The first-order chi connectivity index (χ1) is 17.4. The number of imidazole rings is 1. The van der Waals surface area contributed by atoms with Crippen LogP contribution in [0.3, 0.4) is 0 Å². The van der Waals surface area contributed by atoms with E-state index >= 15 is 0 Å². The highest BCUT2D eigenvalue weighted by molar-refractivity contribution is 5.70. The molecule has 3 aromatic rings. The van der Waals surface area contributed by atoms with Crippen molar-refractivity contribution in [2.75, 3.05) is 57.4 Å². The standard InChI is InChI=1S/C29H37N5O2/c1-29(2,3)33-12-10-32(11-13-33)25-7-4-22(5-8-25)23-6-9-26-27(18-23)36-21-28-30-24(20-34(26)28)19-31-14-16-35-17-15-31/h4-9,18,20H,10-17,19,21H2,1-3H3. The molecule has 0 spiro atoms. The molecule has 3 aliphatic rings. The molecular formula is C29H37N5O2. The molecule has 7 heteroatoms. The molecule has 0 N–H and O–H groups in total. The van der Waals surface area contributed by atoms with Gasteiger partial charge in [0.25, 0.3) is 0 Å². The molecule has 0 amide bonds. The first-order valence-electron chi connectivity index (χ1n) is 13.2. The van der Waals surface area contributed by atoms with Gasteiger partial charge in [-0.2, -0.15) is 0 Å².